The SMILES string of the molecule is C=CC(=O)OCCOC(=O)CCCCCOC(=O)CC(=O)NCCNC. The lowest BCUT2D eigenvalue weighted by Crippen LogP contribution is -2.32. The van der Waals surface area contributed by atoms with Crippen LogP contribution in [-0.2, 0) is 33.4 Å². The molecule has 0 atom stereocenters. The van der Waals surface area contributed by atoms with Gasteiger partial charge in [-0.05, 0) is 26.3 Å². The van der Waals surface area contributed by atoms with Crippen molar-refractivity contribution in [2.24, 2.45) is 0 Å². The molecule has 2 N–H and O–H groups in total. The third-order valence-corrected chi connectivity index (χ3v) is 3.05. The number of ether oxygens (including phenoxy) is 3. The average molecular weight is 372 g/mol. The molecule has 0 spiro atoms. The molecule has 0 saturated carbocycles. The summed E-state index contributed by atoms with van der Waals surface area (Å²) in [5.41, 5.74) is 0. The highest BCUT2D eigenvalue weighted by Crippen LogP contribution is 2.02. The van der Waals surface area contributed by atoms with Gasteiger partial charge in [0.25, 0.3) is 0 Å². The molecule has 0 heterocycles. The van der Waals surface area contributed by atoms with Crippen LogP contribution in [-0.4, -0.2) is 63.8 Å². The van der Waals surface area contributed by atoms with E-state index in [0.29, 0.717) is 32.4 Å². The lowest BCUT2D eigenvalue weighted by molar-refractivity contribution is -0.149. The first-order valence-electron chi connectivity index (χ1n) is 8.51. The second-order valence-corrected chi connectivity index (χ2v) is 5.25. The maximum atomic E-state index is 11.4. The summed E-state index contributed by atoms with van der Waals surface area (Å²) in [7, 11) is 1.76. The van der Waals surface area contributed by atoms with Crippen LogP contribution in [0, 0.1) is 0 Å². The van der Waals surface area contributed by atoms with Crippen LogP contribution in [0.4, 0.5) is 0 Å². The van der Waals surface area contributed by atoms with Gasteiger partial charge in [-0.2, -0.15) is 0 Å². The number of carbonyl (C=O) groups excluding carboxylic acids is 4. The van der Waals surface area contributed by atoms with E-state index in [0.717, 1.165) is 6.08 Å². The van der Waals surface area contributed by atoms with Crippen LogP contribution in [0.2, 0.25) is 0 Å². The fraction of sp³-hybridized carbons (Fsp3) is 0.647. The number of nitrogens with one attached hydrogen (secondary N) is 2. The smallest absolute Gasteiger partial charge is 0.330 e. The van der Waals surface area contributed by atoms with Gasteiger partial charge in [-0.1, -0.05) is 6.58 Å². The standard InChI is InChI=1S/C17H28N2O7/c1-3-15(21)25-11-12-26-16(22)7-5-4-6-10-24-17(23)13-14(20)19-9-8-18-2/h3,18H,1,4-13H2,2H3,(H,19,20). The molecule has 0 rings (SSSR count). The van der Waals surface area contributed by atoms with Crippen molar-refractivity contribution in [2.75, 3.05) is 40.0 Å². The van der Waals surface area contributed by atoms with Crippen molar-refractivity contribution in [1.29, 1.82) is 0 Å². The van der Waals surface area contributed by atoms with E-state index in [1.54, 1.807) is 7.05 Å². The molecule has 0 aliphatic carbocycles. The Bertz CT molecular complexity index is 466. The molecule has 0 saturated heterocycles. The predicted molar refractivity (Wildman–Crippen MR) is 93.1 cm³/mol. The summed E-state index contributed by atoms with van der Waals surface area (Å²) in [6, 6.07) is 0. The molecule has 0 fully saturated rings. The van der Waals surface area contributed by atoms with Crippen LogP contribution in [0.25, 0.3) is 0 Å². The predicted octanol–water partition coefficient (Wildman–Crippen LogP) is 0.0881. The Balaban J connectivity index is 3.49. The number of likely N-dealkylation sites (N-methyl/N-ethyl adjacent to an activating group) is 1. The Kier molecular flexibility index (Phi) is 14.6. The fourth-order valence-electron chi connectivity index (χ4n) is 1.73. The zero-order valence-electron chi connectivity index (χ0n) is 15.2. The third-order valence-electron chi connectivity index (χ3n) is 3.05. The molecule has 0 unspecified atom stereocenters. The molecule has 26 heavy (non-hydrogen) atoms. The van der Waals surface area contributed by atoms with Crippen LogP contribution in [0.15, 0.2) is 12.7 Å². The van der Waals surface area contributed by atoms with Gasteiger partial charge in [-0.15, -0.1) is 0 Å². The first-order valence-corrected chi connectivity index (χ1v) is 8.51. The van der Waals surface area contributed by atoms with E-state index >= 15 is 0 Å². The van der Waals surface area contributed by atoms with Gasteiger partial charge in [0.1, 0.15) is 19.6 Å². The number of hydrogen-bond acceptors (Lipinski definition) is 8. The summed E-state index contributed by atoms with van der Waals surface area (Å²) < 4.78 is 14.5. The van der Waals surface area contributed by atoms with Crippen molar-refractivity contribution in [2.45, 2.75) is 32.1 Å². The second kappa shape index (κ2) is 16.1. The molecule has 0 aliphatic rings. The molecule has 148 valence electrons. The first kappa shape index (κ1) is 23.6. The van der Waals surface area contributed by atoms with Gasteiger partial charge in [0, 0.05) is 25.6 Å². The summed E-state index contributed by atoms with van der Waals surface area (Å²) in [6.45, 7) is 4.53. The number of hydrogen-bond donors (Lipinski definition) is 2. The van der Waals surface area contributed by atoms with Crippen LogP contribution >= 0.6 is 0 Å². The lowest BCUT2D eigenvalue weighted by Gasteiger charge is -2.07. The monoisotopic (exact) mass is 372 g/mol. The van der Waals surface area contributed by atoms with E-state index in [4.69, 9.17) is 9.47 Å². The van der Waals surface area contributed by atoms with E-state index in [-0.39, 0.29) is 44.5 Å². The molecule has 0 aromatic heterocycles. The normalized spacial score (nSPS) is 9.88. The molecular weight excluding hydrogens is 344 g/mol. The van der Waals surface area contributed by atoms with E-state index < -0.39 is 11.9 Å². The van der Waals surface area contributed by atoms with Gasteiger partial charge >= 0.3 is 17.9 Å². The zero-order chi connectivity index (χ0) is 19.6. The first-order chi connectivity index (χ1) is 12.5. The summed E-state index contributed by atoms with van der Waals surface area (Å²) in [4.78, 5) is 45.0. The highest BCUT2D eigenvalue weighted by Gasteiger charge is 2.10. The van der Waals surface area contributed by atoms with Gasteiger partial charge < -0.3 is 24.8 Å². The molecule has 9 heteroatoms. The quantitative estimate of drug-likeness (QED) is 0.136. The van der Waals surface area contributed by atoms with Crippen LogP contribution in [0.3, 0.4) is 0 Å². The van der Waals surface area contributed by atoms with E-state index in [2.05, 4.69) is 21.9 Å². The maximum Gasteiger partial charge on any atom is 0.330 e. The molecule has 9 nitrogen and oxygen atoms in total. The second-order valence-electron chi connectivity index (χ2n) is 5.25. The van der Waals surface area contributed by atoms with Crippen molar-refractivity contribution in [3.8, 4) is 0 Å². The van der Waals surface area contributed by atoms with Crippen molar-refractivity contribution < 1.29 is 33.4 Å². The number of rotatable bonds is 15. The van der Waals surface area contributed by atoms with Gasteiger partial charge in [0.2, 0.25) is 5.91 Å². The average Bonchev–Trinajstić information content (AvgIpc) is 2.61. The molecule has 0 radical (unpaired) electrons. The minimum atomic E-state index is -0.569. The van der Waals surface area contributed by atoms with E-state index in [1.807, 2.05) is 0 Å². The molecule has 0 aliphatic heterocycles. The summed E-state index contributed by atoms with van der Waals surface area (Å²) in [5, 5.41) is 5.45. The Morgan fingerprint density at radius 1 is 0.885 bits per heavy atom. The van der Waals surface area contributed by atoms with E-state index in [1.165, 1.54) is 0 Å². The number of carbonyl (C=O) groups is 4. The fourth-order valence-corrected chi connectivity index (χ4v) is 1.73. The van der Waals surface area contributed by atoms with Crippen LogP contribution in [0.5, 0.6) is 0 Å². The third kappa shape index (κ3) is 15.1. The summed E-state index contributed by atoms with van der Waals surface area (Å²) in [6.07, 6.45) is 2.83. The van der Waals surface area contributed by atoms with Gasteiger partial charge in [0.15, 0.2) is 0 Å². The van der Waals surface area contributed by atoms with Crippen molar-refractivity contribution in [3.63, 3.8) is 0 Å². The largest absolute Gasteiger partial charge is 0.465 e. The van der Waals surface area contributed by atoms with Crippen molar-refractivity contribution >= 4 is 23.8 Å². The molecule has 0 aromatic rings. The van der Waals surface area contributed by atoms with Crippen LogP contribution < -0.4 is 10.6 Å². The highest BCUT2D eigenvalue weighted by atomic mass is 16.6. The maximum absolute atomic E-state index is 11.4. The Morgan fingerprint density at radius 2 is 1.58 bits per heavy atom. The molecule has 0 bridgehead atoms. The van der Waals surface area contributed by atoms with Gasteiger partial charge in [0.05, 0.1) is 6.61 Å². The summed E-state index contributed by atoms with van der Waals surface area (Å²) >= 11 is 0. The van der Waals surface area contributed by atoms with Gasteiger partial charge in [-0.3, -0.25) is 14.4 Å². The Labute approximate surface area is 153 Å². The number of amides is 1. The Hall–Kier alpha value is -2.42. The van der Waals surface area contributed by atoms with Crippen molar-refractivity contribution in [1.82, 2.24) is 10.6 Å². The van der Waals surface area contributed by atoms with Crippen LogP contribution in [0.1, 0.15) is 32.1 Å². The molecular formula is C17H28N2O7. The van der Waals surface area contributed by atoms with E-state index in [9.17, 15) is 19.2 Å². The number of unbranched alkanes of at least 4 members (excludes halogenated alkanes) is 2. The topological polar surface area (TPSA) is 120 Å². The Morgan fingerprint density at radius 3 is 2.27 bits per heavy atom. The van der Waals surface area contributed by atoms with Gasteiger partial charge in [-0.25, -0.2) is 4.79 Å². The highest BCUT2D eigenvalue weighted by molar-refractivity contribution is 5.94. The minimum absolute atomic E-state index is 0.00488. The summed E-state index contributed by atoms with van der Waals surface area (Å²) in [5.74, 6) is -1.88. The lowest BCUT2D eigenvalue weighted by atomic mass is 10.2. The van der Waals surface area contributed by atoms with Crippen molar-refractivity contribution in [3.05, 3.63) is 12.7 Å². The molecule has 1 amide bonds. The minimum Gasteiger partial charge on any atom is -0.465 e. The number of esters is 3. The molecule has 0 aromatic carbocycles. The zero-order valence-corrected chi connectivity index (χ0v) is 15.2.